The van der Waals surface area contributed by atoms with Gasteiger partial charge in [0.2, 0.25) is 0 Å². The highest BCUT2D eigenvalue weighted by molar-refractivity contribution is 6.31. The van der Waals surface area contributed by atoms with Gasteiger partial charge in [-0.15, -0.1) is 0 Å². The molecule has 0 aliphatic rings. The van der Waals surface area contributed by atoms with Crippen LogP contribution in [0.1, 0.15) is 57.2 Å². The Morgan fingerprint density at radius 2 is 1.83 bits per heavy atom. The standard InChI is InChI=1S/C16H26ClN/c1-5-10-18-16(13(6-2)7-3)14-9-8-12(4)15(17)11-14/h8-9,11,13,16,18H,5-7,10H2,1-4H3. The predicted octanol–water partition coefficient (Wildman–Crippen LogP) is 5.13. The van der Waals surface area contributed by atoms with Crippen molar-refractivity contribution in [3.63, 3.8) is 0 Å². The van der Waals surface area contributed by atoms with Crippen molar-refractivity contribution in [2.45, 2.75) is 53.0 Å². The summed E-state index contributed by atoms with van der Waals surface area (Å²) in [7, 11) is 0. The maximum absolute atomic E-state index is 6.26. The first-order chi connectivity index (χ1) is 8.63. The van der Waals surface area contributed by atoms with Crippen molar-refractivity contribution in [2.75, 3.05) is 6.54 Å². The smallest absolute Gasteiger partial charge is 0.0438 e. The average Bonchev–Trinajstić information content (AvgIpc) is 2.38. The third-order valence-electron chi connectivity index (χ3n) is 3.69. The van der Waals surface area contributed by atoms with Crippen LogP contribution in [-0.4, -0.2) is 6.54 Å². The quantitative estimate of drug-likeness (QED) is 0.723. The Labute approximate surface area is 117 Å². The zero-order chi connectivity index (χ0) is 13.5. The summed E-state index contributed by atoms with van der Waals surface area (Å²) in [4.78, 5) is 0. The molecule has 0 saturated carbocycles. The van der Waals surface area contributed by atoms with E-state index in [-0.39, 0.29) is 0 Å². The van der Waals surface area contributed by atoms with E-state index in [0.29, 0.717) is 12.0 Å². The molecule has 18 heavy (non-hydrogen) atoms. The molecule has 1 aromatic rings. The van der Waals surface area contributed by atoms with Gasteiger partial charge in [-0.05, 0) is 43.0 Å². The molecule has 0 aliphatic heterocycles. The molecular formula is C16H26ClN. The van der Waals surface area contributed by atoms with E-state index in [9.17, 15) is 0 Å². The van der Waals surface area contributed by atoms with Crippen LogP contribution in [0.25, 0.3) is 0 Å². The van der Waals surface area contributed by atoms with Crippen LogP contribution in [0, 0.1) is 12.8 Å². The van der Waals surface area contributed by atoms with E-state index in [1.807, 2.05) is 0 Å². The molecule has 0 amide bonds. The van der Waals surface area contributed by atoms with Gasteiger partial charge in [0.05, 0.1) is 0 Å². The van der Waals surface area contributed by atoms with Crippen molar-refractivity contribution < 1.29 is 0 Å². The second kappa shape index (κ2) is 7.81. The highest BCUT2D eigenvalue weighted by Gasteiger charge is 2.20. The van der Waals surface area contributed by atoms with E-state index in [2.05, 4.69) is 51.2 Å². The Morgan fingerprint density at radius 1 is 1.17 bits per heavy atom. The zero-order valence-corrected chi connectivity index (χ0v) is 12.8. The first kappa shape index (κ1) is 15.5. The summed E-state index contributed by atoms with van der Waals surface area (Å²) >= 11 is 6.26. The molecule has 0 radical (unpaired) electrons. The molecule has 102 valence electrons. The van der Waals surface area contributed by atoms with Crippen molar-refractivity contribution >= 4 is 11.6 Å². The molecule has 1 nitrogen and oxygen atoms in total. The van der Waals surface area contributed by atoms with Crippen LogP contribution in [0.15, 0.2) is 18.2 Å². The van der Waals surface area contributed by atoms with Crippen LogP contribution in [0.3, 0.4) is 0 Å². The fourth-order valence-electron chi connectivity index (χ4n) is 2.42. The number of nitrogens with one attached hydrogen (secondary N) is 1. The Balaban J connectivity index is 2.96. The van der Waals surface area contributed by atoms with Gasteiger partial charge in [0.15, 0.2) is 0 Å². The molecule has 2 heteroatoms. The van der Waals surface area contributed by atoms with Gasteiger partial charge in [-0.2, -0.15) is 0 Å². The van der Waals surface area contributed by atoms with E-state index in [1.165, 1.54) is 18.4 Å². The first-order valence-electron chi connectivity index (χ1n) is 7.13. The van der Waals surface area contributed by atoms with Gasteiger partial charge in [0.1, 0.15) is 0 Å². The summed E-state index contributed by atoms with van der Waals surface area (Å²) < 4.78 is 0. The molecule has 1 aromatic carbocycles. The molecule has 0 fully saturated rings. The second-order valence-corrected chi connectivity index (χ2v) is 5.42. The van der Waals surface area contributed by atoms with E-state index in [1.54, 1.807) is 0 Å². The van der Waals surface area contributed by atoms with Crippen molar-refractivity contribution in [1.29, 1.82) is 0 Å². The molecule has 1 N–H and O–H groups in total. The van der Waals surface area contributed by atoms with Crippen LogP contribution in [0.5, 0.6) is 0 Å². The van der Waals surface area contributed by atoms with Crippen molar-refractivity contribution in [1.82, 2.24) is 5.32 Å². The maximum atomic E-state index is 6.26. The Bertz CT molecular complexity index is 358. The molecular weight excluding hydrogens is 242 g/mol. The van der Waals surface area contributed by atoms with Crippen LogP contribution in [-0.2, 0) is 0 Å². The number of hydrogen-bond acceptors (Lipinski definition) is 1. The third-order valence-corrected chi connectivity index (χ3v) is 4.10. The van der Waals surface area contributed by atoms with Gasteiger partial charge >= 0.3 is 0 Å². The minimum absolute atomic E-state index is 0.429. The van der Waals surface area contributed by atoms with E-state index in [4.69, 9.17) is 11.6 Å². The van der Waals surface area contributed by atoms with E-state index in [0.717, 1.165) is 23.6 Å². The Morgan fingerprint density at radius 3 is 2.33 bits per heavy atom. The molecule has 0 heterocycles. The summed E-state index contributed by atoms with van der Waals surface area (Å²) in [6.45, 7) is 9.86. The third kappa shape index (κ3) is 4.00. The van der Waals surface area contributed by atoms with Gasteiger partial charge < -0.3 is 5.32 Å². The average molecular weight is 268 g/mol. The molecule has 1 unspecified atom stereocenters. The van der Waals surface area contributed by atoms with Gasteiger partial charge in [0, 0.05) is 11.1 Å². The fraction of sp³-hybridized carbons (Fsp3) is 0.625. The van der Waals surface area contributed by atoms with Crippen LogP contribution in [0.4, 0.5) is 0 Å². The lowest BCUT2D eigenvalue weighted by molar-refractivity contribution is 0.341. The maximum Gasteiger partial charge on any atom is 0.0438 e. The van der Waals surface area contributed by atoms with Crippen LogP contribution in [0.2, 0.25) is 5.02 Å². The number of aryl methyl sites for hydroxylation is 1. The predicted molar refractivity (Wildman–Crippen MR) is 81.3 cm³/mol. The Hall–Kier alpha value is -0.530. The number of rotatable bonds is 7. The van der Waals surface area contributed by atoms with E-state index >= 15 is 0 Å². The lowest BCUT2D eigenvalue weighted by Crippen LogP contribution is -2.28. The van der Waals surface area contributed by atoms with Gasteiger partial charge in [-0.3, -0.25) is 0 Å². The highest BCUT2D eigenvalue weighted by Crippen LogP contribution is 2.30. The molecule has 0 aliphatic carbocycles. The summed E-state index contributed by atoms with van der Waals surface area (Å²) in [6.07, 6.45) is 3.56. The molecule has 0 saturated heterocycles. The minimum atomic E-state index is 0.429. The van der Waals surface area contributed by atoms with Crippen molar-refractivity contribution in [3.05, 3.63) is 34.3 Å². The van der Waals surface area contributed by atoms with Crippen LogP contribution >= 0.6 is 11.6 Å². The molecule has 0 bridgehead atoms. The number of benzene rings is 1. The number of halogens is 1. The van der Waals surface area contributed by atoms with Crippen molar-refractivity contribution in [3.8, 4) is 0 Å². The summed E-state index contributed by atoms with van der Waals surface area (Å²) in [5.74, 6) is 0.676. The zero-order valence-electron chi connectivity index (χ0n) is 12.1. The van der Waals surface area contributed by atoms with E-state index < -0.39 is 0 Å². The largest absolute Gasteiger partial charge is 0.310 e. The van der Waals surface area contributed by atoms with Crippen molar-refractivity contribution in [2.24, 2.45) is 5.92 Å². The lowest BCUT2D eigenvalue weighted by Gasteiger charge is -2.27. The fourth-order valence-corrected chi connectivity index (χ4v) is 2.61. The number of hydrogen-bond donors (Lipinski definition) is 1. The normalized spacial score (nSPS) is 13.0. The monoisotopic (exact) mass is 267 g/mol. The Kier molecular flexibility index (Phi) is 6.73. The first-order valence-corrected chi connectivity index (χ1v) is 7.51. The topological polar surface area (TPSA) is 12.0 Å². The molecule has 1 rings (SSSR count). The SMILES string of the molecule is CCCNC(c1ccc(C)c(Cl)c1)C(CC)CC. The molecule has 0 aromatic heterocycles. The minimum Gasteiger partial charge on any atom is -0.310 e. The van der Waals surface area contributed by atoms with Crippen LogP contribution < -0.4 is 5.32 Å². The summed E-state index contributed by atoms with van der Waals surface area (Å²) in [6, 6.07) is 6.90. The van der Waals surface area contributed by atoms with Gasteiger partial charge in [-0.25, -0.2) is 0 Å². The second-order valence-electron chi connectivity index (χ2n) is 5.02. The molecule has 0 spiro atoms. The summed E-state index contributed by atoms with van der Waals surface area (Å²) in [5, 5.41) is 4.55. The highest BCUT2D eigenvalue weighted by atomic mass is 35.5. The lowest BCUT2D eigenvalue weighted by atomic mass is 9.88. The van der Waals surface area contributed by atoms with Gasteiger partial charge in [0.25, 0.3) is 0 Å². The summed E-state index contributed by atoms with van der Waals surface area (Å²) in [5.41, 5.74) is 2.48. The molecule has 1 atom stereocenters. The van der Waals surface area contributed by atoms with Gasteiger partial charge in [-0.1, -0.05) is 57.3 Å².